The number of methoxy groups -OCH3 is 1. The van der Waals surface area contributed by atoms with Crippen molar-refractivity contribution in [3.05, 3.63) is 94.8 Å². The summed E-state index contributed by atoms with van der Waals surface area (Å²) in [6, 6.07) is 16.4. The molecular weight excluding hydrogens is 489 g/mol. The van der Waals surface area contributed by atoms with E-state index in [4.69, 9.17) is 9.47 Å². The summed E-state index contributed by atoms with van der Waals surface area (Å²) in [5, 5.41) is 3.35. The Morgan fingerprint density at radius 3 is 2.63 bits per heavy atom. The summed E-state index contributed by atoms with van der Waals surface area (Å²) in [6.45, 7) is 1.12. The quantitative estimate of drug-likeness (QED) is 0.350. The third-order valence-corrected chi connectivity index (χ3v) is 6.43. The van der Waals surface area contributed by atoms with Crippen LogP contribution in [0.5, 0.6) is 17.2 Å². The number of hydrogen-bond acceptors (Lipinski definition) is 6. The van der Waals surface area contributed by atoms with E-state index in [1.165, 1.54) is 12.1 Å². The number of benzene rings is 2. The number of amides is 1. The summed E-state index contributed by atoms with van der Waals surface area (Å²) in [5.41, 5.74) is 1.37. The van der Waals surface area contributed by atoms with Gasteiger partial charge in [-0.05, 0) is 48.9 Å². The molecule has 0 saturated carbocycles. The predicted octanol–water partition coefficient (Wildman–Crippen LogP) is 4.86. The molecule has 3 aromatic heterocycles. The number of pyridine rings is 2. The van der Waals surface area contributed by atoms with Crippen molar-refractivity contribution in [2.24, 2.45) is 0 Å². The molecular formula is C28H22FN5O4. The van der Waals surface area contributed by atoms with Crippen LogP contribution >= 0.6 is 0 Å². The van der Waals surface area contributed by atoms with Gasteiger partial charge in [-0.1, -0.05) is 6.07 Å². The highest BCUT2D eigenvalue weighted by molar-refractivity contribution is 6.08. The number of halogens is 1. The lowest BCUT2D eigenvalue weighted by Gasteiger charge is -2.12. The third kappa shape index (κ3) is 4.05. The standard InChI is InChI=1S/C28H22FN5O4/c1-37-18-7-8-19-22(16-18)31-12-10-23(19)38-24-9-6-17(15-20(24)29)32-27(35)25-26(21-5-2-3-11-30-21)33-13-4-14-34(33)28(25)36/h2-3,5-12,15-16H,4,13-14H2,1H3,(H,32,35). The number of hydrogen-bond donors (Lipinski definition) is 1. The molecule has 1 aliphatic heterocycles. The van der Waals surface area contributed by atoms with Crippen LogP contribution in [0.4, 0.5) is 10.1 Å². The van der Waals surface area contributed by atoms with Crippen molar-refractivity contribution < 1.29 is 18.7 Å². The van der Waals surface area contributed by atoms with Crippen molar-refractivity contribution in [3.8, 4) is 28.6 Å². The van der Waals surface area contributed by atoms with Crippen LogP contribution in [0, 0.1) is 5.82 Å². The largest absolute Gasteiger partial charge is 0.497 e. The smallest absolute Gasteiger partial charge is 0.280 e. The molecule has 0 bridgehead atoms. The number of carbonyl (C=O) groups is 1. The molecule has 190 valence electrons. The fourth-order valence-electron chi connectivity index (χ4n) is 4.67. The van der Waals surface area contributed by atoms with E-state index in [1.54, 1.807) is 71.3 Å². The van der Waals surface area contributed by atoms with Gasteiger partial charge in [0.2, 0.25) is 0 Å². The van der Waals surface area contributed by atoms with Crippen LogP contribution in [-0.4, -0.2) is 32.3 Å². The first-order valence-electron chi connectivity index (χ1n) is 12.0. The van der Waals surface area contributed by atoms with Crippen LogP contribution in [-0.2, 0) is 13.1 Å². The summed E-state index contributed by atoms with van der Waals surface area (Å²) in [5.74, 6) is -0.268. The molecule has 38 heavy (non-hydrogen) atoms. The van der Waals surface area contributed by atoms with E-state index in [1.807, 2.05) is 0 Å². The van der Waals surface area contributed by atoms with Gasteiger partial charge in [-0.3, -0.25) is 24.2 Å². The lowest BCUT2D eigenvalue weighted by molar-refractivity contribution is 0.102. The lowest BCUT2D eigenvalue weighted by Crippen LogP contribution is -2.24. The zero-order valence-electron chi connectivity index (χ0n) is 20.3. The molecule has 2 aromatic carbocycles. The van der Waals surface area contributed by atoms with Gasteiger partial charge in [-0.25, -0.2) is 9.07 Å². The number of anilines is 1. The van der Waals surface area contributed by atoms with Gasteiger partial charge >= 0.3 is 0 Å². The van der Waals surface area contributed by atoms with Crippen molar-refractivity contribution in [1.29, 1.82) is 0 Å². The number of ether oxygens (including phenoxy) is 2. The first-order valence-corrected chi connectivity index (χ1v) is 12.0. The van der Waals surface area contributed by atoms with E-state index in [-0.39, 0.29) is 17.0 Å². The Morgan fingerprint density at radius 1 is 0.974 bits per heavy atom. The van der Waals surface area contributed by atoms with Crippen molar-refractivity contribution in [2.45, 2.75) is 19.5 Å². The molecule has 5 aromatic rings. The lowest BCUT2D eigenvalue weighted by atomic mass is 10.1. The Kier molecular flexibility index (Phi) is 5.83. The average molecular weight is 512 g/mol. The summed E-state index contributed by atoms with van der Waals surface area (Å²) in [4.78, 5) is 35.0. The average Bonchev–Trinajstić information content (AvgIpc) is 3.52. The summed E-state index contributed by atoms with van der Waals surface area (Å²) < 4.78 is 29.5. The SMILES string of the molecule is COc1ccc2c(Oc3ccc(NC(=O)c4c(-c5ccccn5)n5n(c4=O)CCC5)cc3F)ccnc2c1. The maximum Gasteiger partial charge on any atom is 0.280 e. The highest BCUT2D eigenvalue weighted by Gasteiger charge is 2.29. The van der Waals surface area contributed by atoms with Gasteiger partial charge in [0.15, 0.2) is 11.6 Å². The van der Waals surface area contributed by atoms with Gasteiger partial charge in [-0.15, -0.1) is 0 Å². The Labute approximate surface area is 216 Å². The number of aromatic nitrogens is 4. The maximum absolute atomic E-state index is 15.1. The van der Waals surface area contributed by atoms with Gasteiger partial charge in [0.05, 0.1) is 18.3 Å². The van der Waals surface area contributed by atoms with Crippen LogP contribution in [0.2, 0.25) is 0 Å². The molecule has 1 aliphatic rings. The molecule has 0 aliphatic carbocycles. The van der Waals surface area contributed by atoms with Crippen LogP contribution in [0.25, 0.3) is 22.3 Å². The predicted molar refractivity (Wildman–Crippen MR) is 139 cm³/mol. The highest BCUT2D eigenvalue weighted by Crippen LogP contribution is 2.33. The summed E-state index contributed by atoms with van der Waals surface area (Å²) >= 11 is 0. The van der Waals surface area contributed by atoms with E-state index >= 15 is 4.39 Å². The van der Waals surface area contributed by atoms with E-state index in [9.17, 15) is 9.59 Å². The van der Waals surface area contributed by atoms with Gasteiger partial charge in [0.25, 0.3) is 11.5 Å². The number of carbonyl (C=O) groups excluding carboxylic acids is 1. The van der Waals surface area contributed by atoms with Crippen molar-refractivity contribution >= 4 is 22.5 Å². The molecule has 0 spiro atoms. The van der Waals surface area contributed by atoms with Crippen LogP contribution in [0.1, 0.15) is 16.8 Å². The Bertz CT molecular complexity index is 1750. The number of rotatable bonds is 6. The van der Waals surface area contributed by atoms with Crippen molar-refractivity contribution in [3.63, 3.8) is 0 Å². The van der Waals surface area contributed by atoms with E-state index in [0.29, 0.717) is 46.9 Å². The van der Waals surface area contributed by atoms with E-state index < -0.39 is 17.3 Å². The summed E-state index contributed by atoms with van der Waals surface area (Å²) in [7, 11) is 1.57. The number of nitrogens with one attached hydrogen (secondary N) is 1. The second-order valence-corrected chi connectivity index (χ2v) is 8.74. The first kappa shape index (κ1) is 23.4. The van der Waals surface area contributed by atoms with Crippen LogP contribution < -0.4 is 20.3 Å². The minimum Gasteiger partial charge on any atom is -0.497 e. The minimum atomic E-state index is -0.678. The fourth-order valence-corrected chi connectivity index (χ4v) is 4.67. The third-order valence-electron chi connectivity index (χ3n) is 6.43. The molecule has 0 radical (unpaired) electrons. The zero-order chi connectivity index (χ0) is 26.2. The Balaban J connectivity index is 1.28. The van der Waals surface area contributed by atoms with Gasteiger partial charge in [0.1, 0.15) is 22.8 Å². The molecule has 1 N–H and O–H groups in total. The second-order valence-electron chi connectivity index (χ2n) is 8.74. The van der Waals surface area contributed by atoms with Crippen molar-refractivity contribution in [2.75, 3.05) is 12.4 Å². The molecule has 0 saturated heterocycles. The Morgan fingerprint density at radius 2 is 1.84 bits per heavy atom. The first-order chi connectivity index (χ1) is 18.5. The molecule has 9 nitrogen and oxygen atoms in total. The molecule has 6 rings (SSSR count). The monoisotopic (exact) mass is 511 g/mol. The normalized spacial score (nSPS) is 12.4. The van der Waals surface area contributed by atoms with Crippen molar-refractivity contribution in [1.82, 2.24) is 19.3 Å². The van der Waals surface area contributed by atoms with E-state index in [2.05, 4.69) is 15.3 Å². The second kappa shape index (κ2) is 9.47. The van der Waals surface area contributed by atoms with Crippen LogP contribution in [0.3, 0.4) is 0 Å². The maximum atomic E-state index is 15.1. The zero-order valence-corrected chi connectivity index (χ0v) is 20.3. The molecule has 10 heteroatoms. The van der Waals surface area contributed by atoms with Crippen LogP contribution in [0.15, 0.2) is 77.9 Å². The van der Waals surface area contributed by atoms with Gasteiger partial charge in [-0.2, -0.15) is 0 Å². The summed E-state index contributed by atoms with van der Waals surface area (Å²) in [6.07, 6.45) is 3.97. The van der Waals surface area contributed by atoms with E-state index in [0.717, 1.165) is 12.5 Å². The molecule has 0 atom stereocenters. The van der Waals surface area contributed by atoms with Gasteiger partial charge in [0, 0.05) is 48.7 Å². The topological polar surface area (TPSA) is 100 Å². The molecule has 4 heterocycles. The molecule has 0 fully saturated rings. The fraction of sp³-hybridized carbons (Fsp3) is 0.143. The molecule has 1 amide bonds. The molecule has 0 unspecified atom stereocenters. The van der Waals surface area contributed by atoms with Gasteiger partial charge < -0.3 is 14.8 Å². The number of fused-ring (bicyclic) bond motifs is 2. The Hall–Kier alpha value is -4.99. The number of nitrogens with zero attached hydrogens (tertiary/aromatic N) is 4. The highest BCUT2D eigenvalue weighted by atomic mass is 19.1. The minimum absolute atomic E-state index is 0.0246.